The zero-order chi connectivity index (χ0) is 19.5. The van der Waals surface area contributed by atoms with Gasteiger partial charge in [0, 0.05) is 43.4 Å². The standard InChI is InChI=1S/C20H22F2N2O4.ClH/c1-25-16-5-3-2-4-14(16)15-10-23-6-7-24(15)11-13-8-18-19(27-12-26-18)9-17(13)28-20(21)22;/h2-5,8-9,15,20,23H,6-7,10-12H2,1H3;1H. The zero-order valence-corrected chi connectivity index (χ0v) is 16.7. The summed E-state index contributed by atoms with van der Waals surface area (Å²) in [4.78, 5) is 2.23. The molecule has 4 rings (SSSR count). The fraction of sp³-hybridized carbons (Fsp3) is 0.400. The van der Waals surface area contributed by atoms with Crippen molar-refractivity contribution in [2.75, 3.05) is 33.5 Å². The second kappa shape index (κ2) is 9.47. The van der Waals surface area contributed by atoms with Crippen molar-refractivity contribution < 1.29 is 27.7 Å². The van der Waals surface area contributed by atoms with Gasteiger partial charge in [0.05, 0.1) is 13.2 Å². The van der Waals surface area contributed by atoms with E-state index in [1.807, 2.05) is 24.3 Å². The monoisotopic (exact) mass is 428 g/mol. The number of methoxy groups -OCH3 is 1. The Kier molecular flexibility index (Phi) is 7.00. The molecule has 0 aromatic heterocycles. The lowest BCUT2D eigenvalue weighted by molar-refractivity contribution is -0.0510. The van der Waals surface area contributed by atoms with Crippen LogP contribution in [0.3, 0.4) is 0 Å². The molecule has 0 aliphatic carbocycles. The van der Waals surface area contributed by atoms with Gasteiger partial charge in [0.15, 0.2) is 11.5 Å². The van der Waals surface area contributed by atoms with Crippen LogP contribution in [0.15, 0.2) is 36.4 Å². The van der Waals surface area contributed by atoms with Crippen molar-refractivity contribution in [3.05, 3.63) is 47.5 Å². The Morgan fingerprint density at radius 3 is 2.69 bits per heavy atom. The molecular formula is C20H23ClF2N2O4. The lowest BCUT2D eigenvalue weighted by atomic mass is 10.0. The predicted octanol–water partition coefficient (Wildman–Crippen LogP) is 3.59. The lowest BCUT2D eigenvalue weighted by Crippen LogP contribution is -2.45. The molecule has 1 atom stereocenters. The van der Waals surface area contributed by atoms with E-state index < -0.39 is 6.61 Å². The highest BCUT2D eigenvalue weighted by atomic mass is 35.5. The summed E-state index contributed by atoms with van der Waals surface area (Å²) < 4.78 is 46.9. The summed E-state index contributed by atoms with van der Waals surface area (Å²) in [6.45, 7) is -0.109. The summed E-state index contributed by atoms with van der Waals surface area (Å²) >= 11 is 0. The number of nitrogens with zero attached hydrogens (tertiary/aromatic N) is 1. The van der Waals surface area contributed by atoms with Crippen LogP contribution < -0.4 is 24.3 Å². The first-order valence-corrected chi connectivity index (χ1v) is 9.10. The number of halogens is 3. The summed E-state index contributed by atoms with van der Waals surface area (Å²) in [5.74, 6) is 1.87. The van der Waals surface area contributed by atoms with Gasteiger partial charge in [0.2, 0.25) is 6.79 Å². The fourth-order valence-corrected chi connectivity index (χ4v) is 3.70. The number of fused-ring (bicyclic) bond motifs is 1. The highest BCUT2D eigenvalue weighted by molar-refractivity contribution is 5.85. The Hall–Kier alpha value is -2.29. The molecule has 0 amide bonds. The minimum absolute atomic E-state index is 0. The largest absolute Gasteiger partial charge is 0.496 e. The molecule has 2 aromatic carbocycles. The number of hydrogen-bond donors (Lipinski definition) is 1. The van der Waals surface area contributed by atoms with Crippen molar-refractivity contribution >= 4 is 12.4 Å². The van der Waals surface area contributed by atoms with Gasteiger partial charge in [-0.15, -0.1) is 12.4 Å². The third-order valence-electron chi connectivity index (χ3n) is 5.00. The average Bonchev–Trinajstić information content (AvgIpc) is 3.15. The summed E-state index contributed by atoms with van der Waals surface area (Å²) in [5.41, 5.74) is 1.68. The van der Waals surface area contributed by atoms with Crippen LogP contribution in [-0.2, 0) is 6.54 Å². The molecule has 0 bridgehead atoms. The van der Waals surface area contributed by atoms with Gasteiger partial charge in [-0.2, -0.15) is 8.78 Å². The molecule has 1 saturated heterocycles. The molecule has 2 aromatic rings. The first-order valence-electron chi connectivity index (χ1n) is 9.10. The quantitative estimate of drug-likeness (QED) is 0.758. The first-order chi connectivity index (χ1) is 13.7. The predicted molar refractivity (Wildman–Crippen MR) is 105 cm³/mol. The Bertz CT molecular complexity index is 840. The molecule has 2 aliphatic rings. The topological polar surface area (TPSA) is 52.2 Å². The molecule has 0 saturated carbocycles. The number of alkyl halides is 2. The third kappa shape index (κ3) is 4.66. The highest BCUT2D eigenvalue weighted by Crippen LogP contribution is 2.40. The summed E-state index contributed by atoms with van der Waals surface area (Å²) in [5, 5.41) is 3.40. The first kappa shape index (κ1) is 21.4. The van der Waals surface area contributed by atoms with Crippen LogP contribution in [0.4, 0.5) is 8.78 Å². The Morgan fingerprint density at radius 2 is 1.93 bits per heavy atom. The molecule has 2 heterocycles. The fourth-order valence-electron chi connectivity index (χ4n) is 3.70. The van der Waals surface area contributed by atoms with Crippen LogP contribution >= 0.6 is 12.4 Å². The summed E-state index contributed by atoms with van der Waals surface area (Å²) in [7, 11) is 1.64. The van der Waals surface area contributed by atoms with E-state index >= 15 is 0 Å². The van der Waals surface area contributed by atoms with Crippen LogP contribution in [0.5, 0.6) is 23.0 Å². The zero-order valence-electron chi connectivity index (χ0n) is 15.9. The minimum atomic E-state index is -2.91. The van der Waals surface area contributed by atoms with Gasteiger partial charge in [0.25, 0.3) is 0 Å². The van der Waals surface area contributed by atoms with Crippen molar-refractivity contribution in [1.29, 1.82) is 0 Å². The molecule has 0 spiro atoms. The van der Waals surface area contributed by atoms with Crippen molar-refractivity contribution in [2.24, 2.45) is 0 Å². The second-order valence-electron chi connectivity index (χ2n) is 6.62. The average molecular weight is 429 g/mol. The minimum Gasteiger partial charge on any atom is -0.496 e. The molecule has 1 fully saturated rings. The SMILES string of the molecule is COc1ccccc1C1CNCCN1Cc1cc2c(cc1OC(F)F)OCO2.Cl. The molecule has 6 nitrogen and oxygen atoms in total. The van der Waals surface area contributed by atoms with E-state index in [4.69, 9.17) is 18.9 Å². The van der Waals surface area contributed by atoms with Crippen molar-refractivity contribution in [2.45, 2.75) is 19.2 Å². The van der Waals surface area contributed by atoms with Crippen LogP contribution in [0.2, 0.25) is 0 Å². The van der Waals surface area contributed by atoms with Crippen molar-refractivity contribution in [3.8, 4) is 23.0 Å². The van der Waals surface area contributed by atoms with Gasteiger partial charge in [-0.05, 0) is 12.1 Å². The van der Waals surface area contributed by atoms with Gasteiger partial charge >= 0.3 is 6.61 Å². The van der Waals surface area contributed by atoms with E-state index in [1.54, 1.807) is 13.2 Å². The van der Waals surface area contributed by atoms with Gasteiger partial charge in [0.1, 0.15) is 11.5 Å². The summed E-state index contributed by atoms with van der Waals surface area (Å²) in [6, 6.07) is 11.1. The van der Waals surface area contributed by atoms with Crippen LogP contribution in [-0.4, -0.2) is 45.0 Å². The third-order valence-corrected chi connectivity index (χ3v) is 5.00. The number of rotatable bonds is 6. The highest BCUT2D eigenvalue weighted by Gasteiger charge is 2.28. The maximum Gasteiger partial charge on any atom is 0.387 e. The Balaban J connectivity index is 0.00000240. The Labute approximate surface area is 174 Å². The molecule has 1 unspecified atom stereocenters. The molecule has 0 radical (unpaired) electrons. The van der Waals surface area contributed by atoms with E-state index in [-0.39, 0.29) is 31.0 Å². The van der Waals surface area contributed by atoms with Gasteiger partial charge in [-0.3, -0.25) is 4.90 Å². The van der Waals surface area contributed by atoms with Crippen LogP contribution in [0.1, 0.15) is 17.2 Å². The van der Waals surface area contributed by atoms with Crippen molar-refractivity contribution in [1.82, 2.24) is 10.2 Å². The maximum absolute atomic E-state index is 12.9. The lowest BCUT2D eigenvalue weighted by Gasteiger charge is -2.37. The van der Waals surface area contributed by atoms with E-state index in [9.17, 15) is 8.78 Å². The number of benzene rings is 2. The molecule has 158 valence electrons. The number of nitrogens with one attached hydrogen (secondary N) is 1. The normalized spacial score (nSPS) is 18.4. The van der Waals surface area contributed by atoms with Gasteiger partial charge < -0.3 is 24.3 Å². The molecule has 29 heavy (non-hydrogen) atoms. The van der Waals surface area contributed by atoms with Gasteiger partial charge in [-0.1, -0.05) is 18.2 Å². The number of hydrogen-bond acceptors (Lipinski definition) is 6. The molecular weight excluding hydrogens is 406 g/mol. The molecule has 1 N–H and O–H groups in total. The van der Waals surface area contributed by atoms with Gasteiger partial charge in [-0.25, -0.2) is 0 Å². The number of ether oxygens (including phenoxy) is 4. The van der Waals surface area contributed by atoms with E-state index in [0.29, 0.717) is 23.6 Å². The second-order valence-corrected chi connectivity index (χ2v) is 6.62. The van der Waals surface area contributed by atoms with E-state index in [2.05, 4.69) is 10.2 Å². The van der Waals surface area contributed by atoms with Crippen LogP contribution in [0, 0.1) is 0 Å². The smallest absolute Gasteiger partial charge is 0.387 e. The number of para-hydroxylation sites is 1. The maximum atomic E-state index is 12.9. The molecule has 2 aliphatic heterocycles. The number of piperazine rings is 1. The van der Waals surface area contributed by atoms with E-state index in [0.717, 1.165) is 30.9 Å². The van der Waals surface area contributed by atoms with E-state index in [1.165, 1.54) is 6.07 Å². The van der Waals surface area contributed by atoms with Crippen molar-refractivity contribution in [3.63, 3.8) is 0 Å². The Morgan fingerprint density at radius 1 is 1.17 bits per heavy atom. The summed E-state index contributed by atoms with van der Waals surface area (Å²) in [6.07, 6.45) is 0. The van der Waals surface area contributed by atoms with Crippen LogP contribution in [0.25, 0.3) is 0 Å². The molecule has 9 heteroatoms.